The fraction of sp³-hybridized carbons (Fsp3) is 0.176. The van der Waals surface area contributed by atoms with Crippen LogP contribution >= 0.6 is 0 Å². The topological polar surface area (TPSA) is 43.4 Å². The quantitative estimate of drug-likeness (QED) is 0.782. The third-order valence-corrected chi connectivity index (χ3v) is 2.86. The Morgan fingerprint density at radius 3 is 2.15 bits per heavy atom. The van der Waals surface area contributed by atoms with Crippen molar-refractivity contribution >= 4 is 11.8 Å². The van der Waals surface area contributed by atoms with Crippen LogP contribution in [0.15, 0.2) is 54.6 Å². The number of carbonyl (C=O) groups excluding carboxylic acids is 2. The van der Waals surface area contributed by atoms with Gasteiger partial charge in [0.2, 0.25) is 0 Å². The second-order valence-electron chi connectivity index (χ2n) is 4.64. The lowest BCUT2D eigenvalue weighted by Gasteiger charge is -2.05. The lowest BCUT2D eigenvalue weighted by Crippen LogP contribution is -2.05. The van der Waals surface area contributed by atoms with E-state index in [0.29, 0.717) is 12.0 Å². The van der Waals surface area contributed by atoms with Crippen LogP contribution in [0.3, 0.4) is 0 Å². The molecule has 0 aliphatic heterocycles. The van der Waals surface area contributed by atoms with Gasteiger partial charge in [0.05, 0.1) is 5.56 Å². The van der Waals surface area contributed by atoms with Crippen LogP contribution < -0.4 is 0 Å². The van der Waals surface area contributed by atoms with Crippen molar-refractivity contribution in [3.05, 3.63) is 71.3 Å². The number of carbonyl (C=O) groups is 2. The molecule has 0 radical (unpaired) electrons. The van der Waals surface area contributed by atoms with Crippen LogP contribution in [0.2, 0.25) is 0 Å². The van der Waals surface area contributed by atoms with Crippen molar-refractivity contribution in [2.24, 2.45) is 0 Å². The number of ketones is 1. The van der Waals surface area contributed by atoms with E-state index in [1.54, 1.807) is 31.2 Å². The summed E-state index contributed by atoms with van der Waals surface area (Å²) in [4.78, 5) is 22.9. The first kappa shape index (κ1) is 14.0. The second kappa shape index (κ2) is 6.66. The molecule has 2 aromatic carbocycles. The normalized spacial score (nSPS) is 10.1. The first-order chi connectivity index (χ1) is 9.65. The van der Waals surface area contributed by atoms with Gasteiger partial charge in [0.1, 0.15) is 12.4 Å². The summed E-state index contributed by atoms with van der Waals surface area (Å²) in [6.07, 6.45) is 0.388. The molecule has 3 nitrogen and oxygen atoms in total. The van der Waals surface area contributed by atoms with Gasteiger partial charge in [0, 0.05) is 6.42 Å². The van der Waals surface area contributed by atoms with Crippen LogP contribution in [0.1, 0.15) is 28.4 Å². The van der Waals surface area contributed by atoms with Crippen molar-refractivity contribution in [1.29, 1.82) is 0 Å². The summed E-state index contributed by atoms with van der Waals surface area (Å²) >= 11 is 0. The van der Waals surface area contributed by atoms with Crippen LogP contribution in [-0.2, 0) is 22.6 Å². The molecule has 0 unspecified atom stereocenters. The van der Waals surface area contributed by atoms with Crippen LogP contribution in [0.4, 0.5) is 0 Å². The zero-order valence-electron chi connectivity index (χ0n) is 11.3. The number of benzene rings is 2. The summed E-state index contributed by atoms with van der Waals surface area (Å²) < 4.78 is 5.23. The van der Waals surface area contributed by atoms with Gasteiger partial charge in [-0.05, 0) is 30.2 Å². The molecule has 0 heterocycles. The average Bonchev–Trinajstić information content (AvgIpc) is 2.46. The van der Waals surface area contributed by atoms with Gasteiger partial charge < -0.3 is 4.74 Å². The van der Waals surface area contributed by atoms with E-state index in [-0.39, 0.29) is 18.4 Å². The summed E-state index contributed by atoms with van der Waals surface area (Å²) in [7, 11) is 0. The number of ether oxygens (including phenoxy) is 1. The van der Waals surface area contributed by atoms with Crippen molar-refractivity contribution in [3.63, 3.8) is 0 Å². The molecule has 0 aliphatic rings. The van der Waals surface area contributed by atoms with E-state index in [0.717, 1.165) is 11.1 Å². The highest BCUT2D eigenvalue weighted by Crippen LogP contribution is 2.09. The summed E-state index contributed by atoms with van der Waals surface area (Å²) in [6, 6.07) is 16.5. The fourth-order valence-corrected chi connectivity index (χ4v) is 1.85. The molecular formula is C17H16O3. The first-order valence-corrected chi connectivity index (χ1v) is 6.44. The molecule has 20 heavy (non-hydrogen) atoms. The Morgan fingerprint density at radius 2 is 1.55 bits per heavy atom. The molecule has 0 spiro atoms. The molecule has 0 N–H and O–H groups in total. The Bertz CT molecular complexity index is 585. The summed E-state index contributed by atoms with van der Waals surface area (Å²) in [6.45, 7) is 1.80. The smallest absolute Gasteiger partial charge is 0.338 e. The molecule has 0 aliphatic carbocycles. The predicted octanol–water partition coefficient (Wildman–Crippen LogP) is 3.18. The van der Waals surface area contributed by atoms with E-state index in [1.165, 1.54) is 0 Å². The largest absolute Gasteiger partial charge is 0.457 e. The number of esters is 1. The van der Waals surface area contributed by atoms with E-state index in [2.05, 4.69) is 0 Å². The molecule has 0 atom stereocenters. The van der Waals surface area contributed by atoms with Crippen LogP contribution in [0, 0.1) is 0 Å². The van der Waals surface area contributed by atoms with Crippen molar-refractivity contribution in [2.75, 3.05) is 0 Å². The molecule has 0 fully saturated rings. The van der Waals surface area contributed by atoms with Crippen molar-refractivity contribution in [2.45, 2.75) is 20.0 Å². The minimum absolute atomic E-state index is 0.101. The van der Waals surface area contributed by atoms with Gasteiger partial charge in [-0.2, -0.15) is 0 Å². The zero-order valence-corrected chi connectivity index (χ0v) is 11.3. The molecule has 0 saturated heterocycles. The SMILES string of the molecule is CC(=O)Cc1ccc(C(=O)OCc2ccccc2)cc1. The monoisotopic (exact) mass is 268 g/mol. The van der Waals surface area contributed by atoms with Gasteiger partial charge in [-0.1, -0.05) is 42.5 Å². The van der Waals surface area contributed by atoms with E-state index in [4.69, 9.17) is 4.74 Å². The molecule has 0 aromatic heterocycles. The standard InChI is InChI=1S/C17H16O3/c1-13(18)11-14-7-9-16(10-8-14)17(19)20-12-15-5-3-2-4-6-15/h2-10H,11-12H2,1H3. The van der Waals surface area contributed by atoms with E-state index in [9.17, 15) is 9.59 Å². The molecule has 0 bridgehead atoms. The average molecular weight is 268 g/mol. The number of hydrogen-bond donors (Lipinski definition) is 0. The van der Waals surface area contributed by atoms with Crippen molar-refractivity contribution in [1.82, 2.24) is 0 Å². The lowest BCUT2D eigenvalue weighted by molar-refractivity contribution is -0.116. The van der Waals surface area contributed by atoms with Gasteiger partial charge in [0.25, 0.3) is 0 Å². The van der Waals surface area contributed by atoms with E-state index in [1.807, 2.05) is 30.3 Å². The number of Topliss-reactive ketones (excluding diaryl/α,β-unsaturated/α-hetero) is 1. The van der Waals surface area contributed by atoms with Gasteiger partial charge in [-0.25, -0.2) is 4.79 Å². The maximum Gasteiger partial charge on any atom is 0.338 e. The fourth-order valence-electron chi connectivity index (χ4n) is 1.85. The Morgan fingerprint density at radius 1 is 0.900 bits per heavy atom. The number of hydrogen-bond acceptors (Lipinski definition) is 3. The van der Waals surface area contributed by atoms with Gasteiger partial charge in [-0.3, -0.25) is 4.79 Å². The number of rotatable bonds is 5. The Balaban J connectivity index is 1.94. The Hall–Kier alpha value is -2.42. The van der Waals surface area contributed by atoms with Crippen LogP contribution in [-0.4, -0.2) is 11.8 Å². The lowest BCUT2D eigenvalue weighted by atomic mass is 10.1. The van der Waals surface area contributed by atoms with Gasteiger partial charge in [0.15, 0.2) is 0 Å². The molecule has 0 amide bonds. The summed E-state index contributed by atoms with van der Waals surface area (Å²) in [5.74, 6) is -0.257. The molecule has 2 rings (SSSR count). The van der Waals surface area contributed by atoms with Crippen molar-refractivity contribution in [3.8, 4) is 0 Å². The summed E-state index contributed by atoms with van der Waals surface area (Å²) in [5.41, 5.74) is 2.35. The minimum Gasteiger partial charge on any atom is -0.457 e. The Kier molecular flexibility index (Phi) is 4.66. The van der Waals surface area contributed by atoms with Crippen LogP contribution in [0.25, 0.3) is 0 Å². The molecular weight excluding hydrogens is 252 g/mol. The molecule has 3 heteroatoms. The summed E-state index contributed by atoms with van der Waals surface area (Å²) in [5, 5.41) is 0. The van der Waals surface area contributed by atoms with Crippen LogP contribution in [0.5, 0.6) is 0 Å². The zero-order chi connectivity index (χ0) is 14.4. The molecule has 2 aromatic rings. The maximum absolute atomic E-state index is 11.9. The highest BCUT2D eigenvalue weighted by molar-refractivity contribution is 5.89. The van der Waals surface area contributed by atoms with Gasteiger partial charge in [-0.15, -0.1) is 0 Å². The minimum atomic E-state index is -0.358. The van der Waals surface area contributed by atoms with E-state index >= 15 is 0 Å². The highest BCUT2D eigenvalue weighted by Gasteiger charge is 2.07. The van der Waals surface area contributed by atoms with Crippen molar-refractivity contribution < 1.29 is 14.3 Å². The first-order valence-electron chi connectivity index (χ1n) is 6.44. The van der Waals surface area contributed by atoms with E-state index < -0.39 is 0 Å². The maximum atomic E-state index is 11.9. The Labute approximate surface area is 118 Å². The van der Waals surface area contributed by atoms with Gasteiger partial charge >= 0.3 is 5.97 Å². The third-order valence-electron chi connectivity index (χ3n) is 2.86. The molecule has 102 valence electrons. The predicted molar refractivity (Wildman–Crippen MR) is 76.4 cm³/mol. The highest BCUT2D eigenvalue weighted by atomic mass is 16.5. The molecule has 0 saturated carbocycles. The second-order valence-corrected chi connectivity index (χ2v) is 4.64. The third kappa shape index (κ3) is 4.05.